The summed E-state index contributed by atoms with van der Waals surface area (Å²) < 4.78 is 17.8. The number of thiazole rings is 1. The number of hydrogen-bond donors (Lipinski definition) is 1. The third kappa shape index (κ3) is 5.74. The first-order valence-electron chi connectivity index (χ1n) is 14.2. The standard InChI is InChI=1S/C35H30N2O6S/c1-3-19-42-25-15-11-24(12-16-25)32(38)30-31(23-9-13-26(14-10-23)43-21-22-7-5-4-6-8-22)37(34(40)33(30)39)35-36-28-18-17-27(41-2)20-29(28)44-35/h4-18,20,31,38H,3,19,21H2,1-2H3. The molecule has 1 aliphatic heterocycles. The summed E-state index contributed by atoms with van der Waals surface area (Å²) in [5.41, 5.74) is 2.69. The van der Waals surface area contributed by atoms with E-state index in [4.69, 9.17) is 14.2 Å². The zero-order valence-electron chi connectivity index (χ0n) is 24.2. The molecule has 1 atom stereocenters. The highest BCUT2D eigenvalue weighted by Crippen LogP contribution is 2.45. The number of benzene rings is 4. The second kappa shape index (κ2) is 12.6. The number of anilines is 1. The van der Waals surface area contributed by atoms with Gasteiger partial charge in [0.2, 0.25) is 0 Å². The topological polar surface area (TPSA) is 98.2 Å². The predicted octanol–water partition coefficient (Wildman–Crippen LogP) is 7.30. The molecule has 0 saturated carbocycles. The number of aliphatic hydroxyl groups excluding tert-OH is 1. The Labute approximate surface area is 258 Å². The number of hydrogen-bond acceptors (Lipinski definition) is 8. The highest BCUT2D eigenvalue weighted by molar-refractivity contribution is 7.22. The van der Waals surface area contributed by atoms with Crippen LogP contribution in [0, 0.1) is 0 Å². The molecule has 1 saturated heterocycles. The number of ether oxygens (including phenoxy) is 3. The van der Waals surface area contributed by atoms with E-state index in [0.717, 1.165) is 16.7 Å². The number of nitrogens with zero attached hydrogens (tertiary/aromatic N) is 2. The van der Waals surface area contributed by atoms with Gasteiger partial charge in [-0.05, 0) is 72.1 Å². The number of carbonyl (C=O) groups excluding carboxylic acids is 2. The minimum atomic E-state index is -0.920. The van der Waals surface area contributed by atoms with Gasteiger partial charge in [-0.2, -0.15) is 0 Å². The largest absolute Gasteiger partial charge is 0.507 e. The van der Waals surface area contributed by atoms with Crippen molar-refractivity contribution < 1.29 is 28.9 Å². The van der Waals surface area contributed by atoms with Crippen LogP contribution < -0.4 is 19.1 Å². The van der Waals surface area contributed by atoms with E-state index in [9.17, 15) is 14.7 Å². The van der Waals surface area contributed by atoms with E-state index in [1.165, 1.54) is 16.2 Å². The molecule has 2 heterocycles. The number of fused-ring (bicyclic) bond motifs is 1. The van der Waals surface area contributed by atoms with E-state index in [-0.39, 0.29) is 11.3 Å². The van der Waals surface area contributed by atoms with Crippen LogP contribution in [0.3, 0.4) is 0 Å². The maximum Gasteiger partial charge on any atom is 0.301 e. The molecule has 222 valence electrons. The minimum absolute atomic E-state index is 0.0213. The van der Waals surface area contributed by atoms with Gasteiger partial charge in [-0.25, -0.2) is 4.98 Å². The quantitative estimate of drug-likeness (QED) is 0.101. The Kier molecular flexibility index (Phi) is 8.29. The van der Waals surface area contributed by atoms with Gasteiger partial charge in [-0.3, -0.25) is 14.5 Å². The molecule has 1 aromatic heterocycles. The SMILES string of the molecule is CCCOc1ccc(C(O)=C2C(=O)C(=O)N(c3nc4ccc(OC)cc4s3)C2c2ccc(OCc3ccccc3)cc2)cc1. The Hall–Kier alpha value is -5.15. The Morgan fingerprint density at radius 1 is 0.886 bits per heavy atom. The molecule has 6 rings (SSSR count). The molecule has 44 heavy (non-hydrogen) atoms. The lowest BCUT2D eigenvalue weighted by atomic mass is 9.95. The van der Waals surface area contributed by atoms with Gasteiger partial charge in [-0.1, -0.05) is 60.7 Å². The van der Waals surface area contributed by atoms with Gasteiger partial charge in [0, 0.05) is 5.56 Å². The van der Waals surface area contributed by atoms with E-state index < -0.39 is 17.7 Å². The lowest BCUT2D eigenvalue weighted by Crippen LogP contribution is -2.29. The Morgan fingerprint density at radius 3 is 2.27 bits per heavy atom. The molecule has 9 heteroatoms. The van der Waals surface area contributed by atoms with Crippen molar-refractivity contribution >= 4 is 44.1 Å². The Balaban J connectivity index is 1.40. The smallest absolute Gasteiger partial charge is 0.301 e. The summed E-state index contributed by atoms with van der Waals surface area (Å²) in [5.74, 6) is 0.101. The first-order chi connectivity index (χ1) is 21.5. The zero-order valence-corrected chi connectivity index (χ0v) is 25.0. The number of aromatic nitrogens is 1. The molecule has 1 N–H and O–H groups in total. The van der Waals surface area contributed by atoms with Crippen LogP contribution in [0.15, 0.2) is 103 Å². The molecule has 1 fully saturated rings. The molecule has 0 spiro atoms. The first kappa shape index (κ1) is 28.9. The van der Waals surface area contributed by atoms with Crippen molar-refractivity contribution in [2.24, 2.45) is 0 Å². The predicted molar refractivity (Wildman–Crippen MR) is 170 cm³/mol. The molecular weight excluding hydrogens is 576 g/mol. The number of amides is 1. The monoisotopic (exact) mass is 606 g/mol. The minimum Gasteiger partial charge on any atom is -0.507 e. The van der Waals surface area contributed by atoms with Gasteiger partial charge in [0.05, 0.1) is 35.5 Å². The van der Waals surface area contributed by atoms with Crippen molar-refractivity contribution in [3.63, 3.8) is 0 Å². The van der Waals surface area contributed by atoms with Crippen LogP contribution in [-0.2, 0) is 16.2 Å². The molecule has 1 aliphatic rings. The Bertz CT molecular complexity index is 1830. The lowest BCUT2D eigenvalue weighted by Gasteiger charge is -2.23. The average Bonchev–Trinajstić information content (AvgIpc) is 3.60. The summed E-state index contributed by atoms with van der Waals surface area (Å²) in [4.78, 5) is 33.4. The summed E-state index contributed by atoms with van der Waals surface area (Å²) in [6.07, 6.45) is 0.861. The second-order valence-electron chi connectivity index (χ2n) is 10.2. The molecule has 4 aromatic carbocycles. The highest BCUT2D eigenvalue weighted by Gasteiger charge is 2.48. The van der Waals surface area contributed by atoms with Crippen molar-refractivity contribution in [2.75, 3.05) is 18.6 Å². The van der Waals surface area contributed by atoms with E-state index in [1.54, 1.807) is 67.8 Å². The van der Waals surface area contributed by atoms with Crippen molar-refractivity contribution in [3.8, 4) is 17.2 Å². The van der Waals surface area contributed by atoms with Gasteiger partial charge in [0.15, 0.2) is 5.13 Å². The molecular formula is C35H30N2O6S. The number of aliphatic hydroxyl groups is 1. The highest BCUT2D eigenvalue weighted by atomic mass is 32.1. The van der Waals surface area contributed by atoms with E-state index in [1.807, 2.05) is 43.3 Å². The van der Waals surface area contributed by atoms with Crippen LogP contribution in [0.2, 0.25) is 0 Å². The summed E-state index contributed by atoms with van der Waals surface area (Å²) in [7, 11) is 1.58. The molecule has 1 amide bonds. The second-order valence-corrected chi connectivity index (χ2v) is 11.2. The summed E-state index contributed by atoms with van der Waals surface area (Å²) in [6, 6.07) is 28.3. The summed E-state index contributed by atoms with van der Waals surface area (Å²) >= 11 is 1.27. The van der Waals surface area contributed by atoms with Crippen molar-refractivity contribution in [3.05, 3.63) is 119 Å². The van der Waals surface area contributed by atoms with Crippen LogP contribution in [-0.4, -0.2) is 35.5 Å². The molecule has 8 nitrogen and oxygen atoms in total. The summed E-state index contributed by atoms with van der Waals surface area (Å²) in [5, 5.41) is 11.9. The normalized spacial score (nSPS) is 16.0. The van der Waals surface area contributed by atoms with Crippen LogP contribution in [0.25, 0.3) is 16.0 Å². The third-order valence-electron chi connectivity index (χ3n) is 7.28. The molecule has 0 radical (unpaired) electrons. The van der Waals surface area contributed by atoms with E-state index in [2.05, 4.69) is 4.98 Å². The number of ketones is 1. The molecule has 5 aromatic rings. The van der Waals surface area contributed by atoms with E-state index >= 15 is 0 Å². The molecule has 1 unspecified atom stereocenters. The van der Waals surface area contributed by atoms with E-state index in [0.29, 0.717) is 52.2 Å². The van der Waals surface area contributed by atoms with Crippen molar-refractivity contribution in [1.29, 1.82) is 0 Å². The van der Waals surface area contributed by atoms with Crippen molar-refractivity contribution in [2.45, 2.75) is 26.0 Å². The zero-order chi connectivity index (χ0) is 30.6. The average molecular weight is 607 g/mol. The third-order valence-corrected chi connectivity index (χ3v) is 8.30. The Morgan fingerprint density at radius 2 is 1.57 bits per heavy atom. The number of carbonyl (C=O) groups is 2. The van der Waals surface area contributed by atoms with Gasteiger partial charge in [-0.15, -0.1) is 0 Å². The lowest BCUT2D eigenvalue weighted by molar-refractivity contribution is -0.132. The van der Waals surface area contributed by atoms with Crippen molar-refractivity contribution in [1.82, 2.24) is 4.98 Å². The number of methoxy groups -OCH3 is 1. The van der Waals surface area contributed by atoms with Gasteiger partial charge in [0.1, 0.15) is 29.6 Å². The fourth-order valence-corrected chi connectivity index (χ4v) is 6.06. The maximum atomic E-state index is 13.7. The maximum absolute atomic E-state index is 13.7. The fraction of sp³-hybridized carbons (Fsp3) is 0.171. The first-order valence-corrected chi connectivity index (χ1v) is 15.0. The van der Waals surface area contributed by atoms with Crippen LogP contribution in [0.4, 0.5) is 5.13 Å². The van der Waals surface area contributed by atoms with Gasteiger partial charge >= 0.3 is 5.91 Å². The number of rotatable bonds is 10. The van der Waals surface area contributed by atoms with Gasteiger partial charge in [0.25, 0.3) is 5.78 Å². The van der Waals surface area contributed by atoms with Crippen LogP contribution >= 0.6 is 11.3 Å². The molecule has 0 aliphatic carbocycles. The van der Waals surface area contributed by atoms with Crippen LogP contribution in [0.1, 0.15) is 36.1 Å². The van der Waals surface area contributed by atoms with Gasteiger partial charge < -0.3 is 19.3 Å². The number of Topliss-reactive ketones (excluding diaryl/α,β-unsaturated/α-hetero) is 1. The summed E-state index contributed by atoms with van der Waals surface area (Å²) in [6.45, 7) is 2.98. The van der Waals surface area contributed by atoms with Crippen LogP contribution in [0.5, 0.6) is 17.2 Å². The fourth-order valence-electron chi connectivity index (χ4n) is 5.04. The molecule has 0 bridgehead atoms.